The number of nitrogens with one attached hydrogen (secondary N) is 2. The second kappa shape index (κ2) is 7.46. The third-order valence-electron chi connectivity index (χ3n) is 3.00. The van der Waals surface area contributed by atoms with Gasteiger partial charge in [-0.25, -0.2) is 9.18 Å². The van der Waals surface area contributed by atoms with Crippen molar-refractivity contribution in [1.29, 1.82) is 0 Å². The molecule has 0 saturated heterocycles. The van der Waals surface area contributed by atoms with Gasteiger partial charge in [-0.3, -0.25) is 10.1 Å². The number of amides is 1. The van der Waals surface area contributed by atoms with Crippen molar-refractivity contribution in [2.45, 2.75) is 6.54 Å². The molecule has 0 heterocycles. The van der Waals surface area contributed by atoms with E-state index in [1.54, 1.807) is 18.2 Å². The maximum absolute atomic E-state index is 13.5. The molecule has 0 unspecified atom stereocenters. The first-order valence-electron chi connectivity index (χ1n) is 6.63. The molecule has 0 aliphatic rings. The summed E-state index contributed by atoms with van der Waals surface area (Å²) in [4.78, 5) is 22.6. The Hall–Kier alpha value is -2.80. The highest BCUT2D eigenvalue weighted by Crippen LogP contribution is 2.06. The highest BCUT2D eigenvalue weighted by molar-refractivity contribution is 7.80. The van der Waals surface area contributed by atoms with Crippen LogP contribution in [-0.2, 0) is 6.54 Å². The summed E-state index contributed by atoms with van der Waals surface area (Å²) >= 11 is 4.98. The molecule has 7 heteroatoms. The van der Waals surface area contributed by atoms with Crippen LogP contribution in [0.4, 0.5) is 4.39 Å². The molecule has 0 aliphatic carbocycles. The molecule has 0 radical (unpaired) electrons. The standard InChI is InChI=1S/C16H13FN2O3S/c17-13-4-2-1-3-12(13)14(20)19-16(23)18-9-10-5-7-11(8-6-10)15(21)22/h1-8H,9H2,(H,21,22)(H2,18,19,20,23). The van der Waals surface area contributed by atoms with Gasteiger partial charge in [0.2, 0.25) is 0 Å². The summed E-state index contributed by atoms with van der Waals surface area (Å²) in [6.07, 6.45) is 0. The molecule has 2 aromatic carbocycles. The van der Waals surface area contributed by atoms with Crippen LogP contribution in [0.5, 0.6) is 0 Å². The van der Waals surface area contributed by atoms with Crippen LogP contribution in [0.3, 0.4) is 0 Å². The van der Waals surface area contributed by atoms with Gasteiger partial charge in [0.1, 0.15) is 5.82 Å². The van der Waals surface area contributed by atoms with Crippen LogP contribution in [-0.4, -0.2) is 22.1 Å². The van der Waals surface area contributed by atoms with Crippen LogP contribution in [0.15, 0.2) is 48.5 Å². The van der Waals surface area contributed by atoms with E-state index in [9.17, 15) is 14.0 Å². The molecule has 23 heavy (non-hydrogen) atoms. The van der Waals surface area contributed by atoms with E-state index in [1.165, 1.54) is 30.3 Å². The van der Waals surface area contributed by atoms with E-state index in [0.717, 1.165) is 5.56 Å². The Morgan fingerprint density at radius 1 is 1.09 bits per heavy atom. The van der Waals surface area contributed by atoms with Crippen molar-refractivity contribution in [2.75, 3.05) is 0 Å². The number of halogens is 1. The number of carboxylic acids is 1. The SMILES string of the molecule is O=C(O)c1ccc(CNC(=S)NC(=O)c2ccccc2F)cc1. The number of benzene rings is 2. The predicted octanol–water partition coefficient (Wildman–Crippen LogP) is 2.33. The van der Waals surface area contributed by atoms with E-state index in [2.05, 4.69) is 10.6 Å². The highest BCUT2D eigenvalue weighted by atomic mass is 32.1. The van der Waals surface area contributed by atoms with Gasteiger partial charge in [0.25, 0.3) is 5.91 Å². The van der Waals surface area contributed by atoms with Crippen LogP contribution in [0, 0.1) is 5.82 Å². The second-order valence-electron chi connectivity index (χ2n) is 4.62. The Balaban J connectivity index is 1.89. The lowest BCUT2D eigenvalue weighted by Crippen LogP contribution is -2.39. The fraction of sp³-hybridized carbons (Fsp3) is 0.0625. The molecule has 0 aromatic heterocycles. The molecule has 5 nitrogen and oxygen atoms in total. The summed E-state index contributed by atoms with van der Waals surface area (Å²) in [6.45, 7) is 0.302. The van der Waals surface area contributed by atoms with Crippen LogP contribution in [0.1, 0.15) is 26.3 Å². The van der Waals surface area contributed by atoms with Crippen LogP contribution in [0.2, 0.25) is 0 Å². The molecule has 1 amide bonds. The zero-order chi connectivity index (χ0) is 16.8. The van der Waals surface area contributed by atoms with Gasteiger partial charge < -0.3 is 10.4 Å². The van der Waals surface area contributed by atoms with Crippen molar-refractivity contribution in [2.24, 2.45) is 0 Å². The minimum atomic E-state index is -1.00. The summed E-state index contributed by atoms with van der Waals surface area (Å²) in [7, 11) is 0. The number of rotatable bonds is 4. The molecule has 2 aromatic rings. The number of carbonyl (C=O) groups is 2. The summed E-state index contributed by atoms with van der Waals surface area (Å²) < 4.78 is 13.5. The molecule has 2 rings (SSSR count). The molecule has 118 valence electrons. The van der Waals surface area contributed by atoms with Crippen LogP contribution < -0.4 is 10.6 Å². The van der Waals surface area contributed by atoms with Gasteiger partial charge in [-0.2, -0.15) is 0 Å². The molecule has 0 bridgehead atoms. The molecule has 0 atom stereocenters. The summed E-state index contributed by atoms with van der Waals surface area (Å²) in [6, 6.07) is 11.8. The van der Waals surface area contributed by atoms with E-state index >= 15 is 0 Å². The lowest BCUT2D eigenvalue weighted by molar-refractivity contribution is 0.0696. The van der Waals surface area contributed by atoms with Gasteiger partial charge in [-0.1, -0.05) is 24.3 Å². The number of carbonyl (C=O) groups excluding carboxylic acids is 1. The Morgan fingerprint density at radius 3 is 2.35 bits per heavy atom. The third-order valence-corrected chi connectivity index (χ3v) is 3.25. The zero-order valence-electron chi connectivity index (χ0n) is 11.9. The predicted molar refractivity (Wildman–Crippen MR) is 86.7 cm³/mol. The Labute approximate surface area is 137 Å². The average molecular weight is 332 g/mol. The lowest BCUT2D eigenvalue weighted by atomic mass is 10.1. The zero-order valence-corrected chi connectivity index (χ0v) is 12.7. The van der Waals surface area contributed by atoms with Crippen molar-refractivity contribution < 1.29 is 19.1 Å². The molecule has 0 saturated carbocycles. The van der Waals surface area contributed by atoms with Crippen molar-refractivity contribution in [1.82, 2.24) is 10.6 Å². The van der Waals surface area contributed by atoms with Crippen molar-refractivity contribution in [3.05, 3.63) is 71.0 Å². The van der Waals surface area contributed by atoms with Crippen LogP contribution >= 0.6 is 12.2 Å². The summed E-state index contributed by atoms with van der Waals surface area (Å²) in [5, 5.41) is 14.0. The third kappa shape index (κ3) is 4.58. The summed E-state index contributed by atoms with van der Waals surface area (Å²) in [5.41, 5.74) is 0.879. The molecule has 0 aliphatic heterocycles. The van der Waals surface area contributed by atoms with Crippen molar-refractivity contribution >= 4 is 29.2 Å². The van der Waals surface area contributed by atoms with Crippen molar-refractivity contribution in [3.63, 3.8) is 0 Å². The minimum Gasteiger partial charge on any atom is -0.478 e. The fourth-order valence-corrected chi connectivity index (χ4v) is 1.97. The smallest absolute Gasteiger partial charge is 0.335 e. The summed E-state index contributed by atoms with van der Waals surface area (Å²) in [5.74, 6) is -2.27. The minimum absolute atomic E-state index is 0.0561. The molecular formula is C16H13FN2O3S. The van der Waals surface area contributed by atoms with Crippen molar-refractivity contribution in [3.8, 4) is 0 Å². The van der Waals surface area contributed by atoms with Crippen LogP contribution in [0.25, 0.3) is 0 Å². The second-order valence-corrected chi connectivity index (χ2v) is 5.03. The monoisotopic (exact) mass is 332 g/mol. The van der Waals surface area contributed by atoms with Gasteiger partial charge in [-0.15, -0.1) is 0 Å². The normalized spacial score (nSPS) is 9.96. The van der Waals surface area contributed by atoms with E-state index in [4.69, 9.17) is 17.3 Å². The first kappa shape index (κ1) is 16.6. The van der Waals surface area contributed by atoms with E-state index in [0.29, 0.717) is 6.54 Å². The van der Waals surface area contributed by atoms with Gasteiger partial charge in [0.05, 0.1) is 11.1 Å². The van der Waals surface area contributed by atoms with Gasteiger partial charge in [0, 0.05) is 6.54 Å². The number of thiocarbonyl (C=S) groups is 1. The Kier molecular flexibility index (Phi) is 5.37. The van der Waals surface area contributed by atoms with E-state index in [-0.39, 0.29) is 16.2 Å². The van der Waals surface area contributed by atoms with E-state index in [1.807, 2.05) is 0 Å². The topological polar surface area (TPSA) is 78.4 Å². The maximum Gasteiger partial charge on any atom is 0.335 e. The molecule has 3 N–H and O–H groups in total. The van der Waals surface area contributed by atoms with Gasteiger partial charge in [-0.05, 0) is 42.0 Å². The van der Waals surface area contributed by atoms with E-state index < -0.39 is 17.7 Å². The van der Waals surface area contributed by atoms with Gasteiger partial charge >= 0.3 is 5.97 Å². The first-order chi connectivity index (χ1) is 11.0. The number of aromatic carboxylic acids is 1. The number of carboxylic acid groups (broad SMARTS) is 1. The lowest BCUT2D eigenvalue weighted by Gasteiger charge is -2.10. The largest absolute Gasteiger partial charge is 0.478 e. The average Bonchev–Trinajstić information content (AvgIpc) is 2.53. The number of hydrogen-bond donors (Lipinski definition) is 3. The quantitative estimate of drug-likeness (QED) is 0.749. The fourth-order valence-electron chi connectivity index (χ4n) is 1.81. The molecular weight excluding hydrogens is 319 g/mol. The van der Waals surface area contributed by atoms with Gasteiger partial charge in [0.15, 0.2) is 5.11 Å². The number of hydrogen-bond acceptors (Lipinski definition) is 3. The highest BCUT2D eigenvalue weighted by Gasteiger charge is 2.12. The first-order valence-corrected chi connectivity index (χ1v) is 7.04. The molecule has 0 spiro atoms. The molecule has 0 fully saturated rings. The Bertz CT molecular complexity index is 747. The maximum atomic E-state index is 13.5. The Morgan fingerprint density at radius 2 is 1.74 bits per heavy atom.